The predicted molar refractivity (Wildman–Crippen MR) is 75.9 cm³/mol. The molecule has 1 N–H and O–H groups in total. The minimum absolute atomic E-state index is 0.123. The number of hydrogen-bond acceptors (Lipinski definition) is 2. The molecule has 4 nitrogen and oxygen atoms in total. The minimum Gasteiger partial charge on any atom is -0.323 e. The summed E-state index contributed by atoms with van der Waals surface area (Å²) in [6.07, 6.45) is 3.45. The number of aryl methyl sites for hydroxylation is 1. The number of amides is 2. The van der Waals surface area contributed by atoms with Gasteiger partial charge in [0.1, 0.15) is 0 Å². The second-order valence-corrected chi connectivity index (χ2v) is 4.51. The van der Waals surface area contributed by atoms with Gasteiger partial charge in [-0.1, -0.05) is 12.1 Å². The first kappa shape index (κ1) is 13.1. The smallest absolute Gasteiger partial charge is 0.321 e. The Bertz CT molecular complexity index is 554. The Hall–Kier alpha value is -2.36. The highest BCUT2D eigenvalue weighted by atomic mass is 16.2. The lowest BCUT2D eigenvalue weighted by molar-refractivity contribution is 0.220. The lowest BCUT2D eigenvalue weighted by Gasteiger charge is -2.18. The van der Waals surface area contributed by atoms with Crippen LogP contribution in [0.15, 0.2) is 48.8 Å². The van der Waals surface area contributed by atoms with Gasteiger partial charge in [0.25, 0.3) is 0 Å². The summed E-state index contributed by atoms with van der Waals surface area (Å²) in [5, 5.41) is 2.87. The van der Waals surface area contributed by atoms with E-state index in [1.807, 2.05) is 43.3 Å². The maximum Gasteiger partial charge on any atom is 0.321 e. The van der Waals surface area contributed by atoms with Crippen LogP contribution in [-0.2, 0) is 6.54 Å². The van der Waals surface area contributed by atoms with E-state index in [1.54, 1.807) is 24.3 Å². The molecule has 0 aliphatic heterocycles. The van der Waals surface area contributed by atoms with Crippen LogP contribution in [0.3, 0.4) is 0 Å². The molecular formula is C15H17N3O. The Morgan fingerprint density at radius 1 is 1.26 bits per heavy atom. The summed E-state index contributed by atoms with van der Waals surface area (Å²) in [4.78, 5) is 17.6. The van der Waals surface area contributed by atoms with Crippen molar-refractivity contribution in [3.63, 3.8) is 0 Å². The lowest BCUT2D eigenvalue weighted by atomic mass is 10.2. The molecule has 98 valence electrons. The van der Waals surface area contributed by atoms with Gasteiger partial charge in [-0.3, -0.25) is 4.98 Å². The monoisotopic (exact) mass is 255 g/mol. The summed E-state index contributed by atoms with van der Waals surface area (Å²) in [6.45, 7) is 2.55. The average Bonchev–Trinajstić information content (AvgIpc) is 2.40. The fourth-order valence-electron chi connectivity index (χ4n) is 1.78. The van der Waals surface area contributed by atoms with Gasteiger partial charge in [-0.05, 0) is 42.3 Å². The van der Waals surface area contributed by atoms with Crippen LogP contribution in [0.2, 0.25) is 0 Å². The van der Waals surface area contributed by atoms with Crippen LogP contribution in [0.25, 0.3) is 0 Å². The molecule has 4 heteroatoms. The van der Waals surface area contributed by atoms with E-state index in [0.717, 1.165) is 16.8 Å². The standard InChI is InChI=1S/C15H17N3O/c1-12-4-3-5-14(10-12)17-15(19)18(2)11-13-6-8-16-9-7-13/h3-10H,11H2,1-2H3,(H,17,19). The minimum atomic E-state index is -0.123. The highest BCUT2D eigenvalue weighted by Crippen LogP contribution is 2.11. The molecule has 19 heavy (non-hydrogen) atoms. The first-order chi connectivity index (χ1) is 9.15. The zero-order valence-corrected chi connectivity index (χ0v) is 11.1. The van der Waals surface area contributed by atoms with Crippen molar-refractivity contribution >= 4 is 11.7 Å². The van der Waals surface area contributed by atoms with Crippen LogP contribution >= 0.6 is 0 Å². The number of urea groups is 1. The van der Waals surface area contributed by atoms with E-state index in [-0.39, 0.29) is 6.03 Å². The zero-order valence-electron chi connectivity index (χ0n) is 11.1. The number of hydrogen-bond donors (Lipinski definition) is 1. The molecule has 0 bridgehead atoms. The van der Waals surface area contributed by atoms with Crippen molar-refractivity contribution in [1.29, 1.82) is 0 Å². The van der Waals surface area contributed by atoms with E-state index in [9.17, 15) is 4.79 Å². The van der Waals surface area contributed by atoms with Gasteiger partial charge in [0, 0.05) is 31.7 Å². The van der Waals surface area contributed by atoms with Gasteiger partial charge in [0.05, 0.1) is 0 Å². The van der Waals surface area contributed by atoms with E-state index < -0.39 is 0 Å². The molecule has 0 fully saturated rings. The van der Waals surface area contributed by atoms with Crippen LogP contribution in [0.1, 0.15) is 11.1 Å². The summed E-state index contributed by atoms with van der Waals surface area (Å²) in [7, 11) is 1.77. The molecule has 0 saturated heterocycles. The summed E-state index contributed by atoms with van der Waals surface area (Å²) < 4.78 is 0. The Labute approximate surface area is 113 Å². The third kappa shape index (κ3) is 3.81. The number of benzene rings is 1. The van der Waals surface area contributed by atoms with Crippen molar-refractivity contribution in [2.24, 2.45) is 0 Å². The van der Waals surface area contributed by atoms with E-state index in [4.69, 9.17) is 0 Å². The predicted octanol–water partition coefficient (Wildman–Crippen LogP) is 3.05. The maximum absolute atomic E-state index is 12.0. The van der Waals surface area contributed by atoms with E-state index in [0.29, 0.717) is 6.54 Å². The molecule has 0 aliphatic carbocycles. The molecule has 2 rings (SSSR count). The van der Waals surface area contributed by atoms with Crippen molar-refractivity contribution < 1.29 is 4.79 Å². The SMILES string of the molecule is Cc1cccc(NC(=O)N(C)Cc2ccncc2)c1. The molecule has 1 heterocycles. The molecule has 2 amide bonds. The second kappa shape index (κ2) is 6.00. The number of aromatic nitrogens is 1. The fraction of sp³-hybridized carbons (Fsp3) is 0.200. The van der Waals surface area contributed by atoms with Gasteiger partial charge in [-0.25, -0.2) is 4.79 Å². The average molecular weight is 255 g/mol. The number of anilines is 1. The van der Waals surface area contributed by atoms with Crippen LogP contribution in [0, 0.1) is 6.92 Å². The first-order valence-electron chi connectivity index (χ1n) is 6.13. The molecule has 0 aliphatic rings. The third-order valence-electron chi connectivity index (χ3n) is 2.79. The molecule has 0 atom stereocenters. The van der Waals surface area contributed by atoms with Crippen LogP contribution < -0.4 is 5.32 Å². The number of pyridine rings is 1. The lowest BCUT2D eigenvalue weighted by Crippen LogP contribution is -2.30. The highest BCUT2D eigenvalue weighted by molar-refractivity contribution is 5.89. The Morgan fingerprint density at radius 2 is 2.00 bits per heavy atom. The largest absolute Gasteiger partial charge is 0.323 e. The van der Waals surface area contributed by atoms with Gasteiger partial charge in [-0.2, -0.15) is 0 Å². The molecular weight excluding hydrogens is 238 g/mol. The molecule has 0 saturated carbocycles. The van der Waals surface area contributed by atoms with Crippen molar-refractivity contribution in [1.82, 2.24) is 9.88 Å². The Balaban J connectivity index is 1.96. The van der Waals surface area contributed by atoms with Gasteiger partial charge in [0.2, 0.25) is 0 Å². The molecule has 2 aromatic rings. The highest BCUT2D eigenvalue weighted by Gasteiger charge is 2.09. The number of rotatable bonds is 3. The van der Waals surface area contributed by atoms with Gasteiger partial charge >= 0.3 is 6.03 Å². The zero-order chi connectivity index (χ0) is 13.7. The summed E-state index contributed by atoms with van der Waals surface area (Å²) >= 11 is 0. The summed E-state index contributed by atoms with van der Waals surface area (Å²) in [6, 6.07) is 11.4. The normalized spacial score (nSPS) is 10.0. The van der Waals surface area contributed by atoms with Gasteiger partial charge in [0.15, 0.2) is 0 Å². The topological polar surface area (TPSA) is 45.2 Å². The number of carbonyl (C=O) groups is 1. The first-order valence-corrected chi connectivity index (χ1v) is 6.13. The molecule has 0 spiro atoms. The van der Waals surface area contributed by atoms with Crippen molar-refractivity contribution in [2.75, 3.05) is 12.4 Å². The second-order valence-electron chi connectivity index (χ2n) is 4.51. The summed E-state index contributed by atoms with van der Waals surface area (Å²) in [5.41, 5.74) is 2.98. The van der Waals surface area contributed by atoms with Crippen molar-refractivity contribution in [3.05, 3.63) is 59.9 Å². The number of nitrogens with zero attached hydrogens (tertiary/aromatic N) is 2. The van der Waals surface area contributed by atoms with E-state index in [1.165, 1.54) is 0 Å². The van der Waals surface area contributed by atoms with Gasteiger partial charge in [-0.15, -0.1) is 0 Å². The molecule has 0 unspecified atom stereocenters. The summed E-state index contributed by atoms with van der Waals surface area (Å²) in [5.74, 6) is 0. The maximum atomic E-state index is 12.0. The Morgan fingerprint density at radius 3 is 2.68 bits per heavy atom. The molecule has 1 aromatic heterocycles. The number of nitrogens with one attached hydrogen (secondary N) is 1. The van der Waals surface area contributed by atoms with Gasteiger partial charge < -0.3 is 10.2 Å². The quantitative estimate of drug-likeness (QED) is 0.916. The van der Waals surface area contributed by atoms with Crippen LogP contribution in [-0.4, -0.2) is 23.0 Å². The fourth-order valence-corrected chi connectivity index (χ4v) is 1.78. The molecule has 1 aromatic carbocycles. The van der Waals surface area contributed by atoms with Crippen molar-refractivity contribution in [3.8, 4) is 0 Å². The van der Waals surface area contributed by atoms with Crippen molar-refractivity contribution in [2.45, 2.75) is 13.5 Å². The van der Waals surface area contributed by atoms with Crippen LogP contribution in [0.4, 0.5) is 10.5 Å². The Kier molecular flexibility index (Phi) is 4.13. The third-order valence-corrected chi connectivity index (χ3v) is 2.79. The van der Waals surface area contributed by atoms with E-state index in [2.05, 4.69) is 10.3 Å². The van der Waals surface area contributed by atoms with E-state index >= 15 is 0 Å². The molecule has 0 radical (unpaired) electrons. The van der Waals surface area contributed by atoms with Crippen LogP contribution in [0.5, 0.6) is 0 Å². The number of carbonyl (C=O) groups excluding carboxylic acids is 1.